The van der Waals surface area contributed by atoms with E-state index in [0.717, 1.165) is 12.8 Å². The predicted molar refractivity (Wildman–Crippen MR) is 39.3 cm³/mol. The average Bonchev–Trinajstić information content (AvgIpc) is 2.21. The first-order chi connectivity index (χ1) is 5.17. The van der Waals surface area contributed by atoms with Crippen LogP contribution in [0.3, 0.4) is 0 Å². The third-order valence-corrected chi connectivity index (χ3v) is 2.44. The Morgan fingerprint density at radius 2 is 2.44 bits per heavy atom. The molecule has 0 radical (unpaired) electrons. The Labute approximate surface area is 59.8 Å². The summed E-state index contributed by atoms with van der Waals surface area (Å²) >= 11 is 0. The maximum Gasteiger partial charge on any atom is 0.0310 e. The number of allylic oxidation sites excluding steroid dienone is 2. The predicted octanol–water partition coefficient (Wildman–Crippen LogP) is 2.90. The van der Waals surface area contributed by atoms with Crippen LogP contribution in [-0.4, -0.2) is 0 Å². The Bertz CT molecular complexity index is 194. The van der Waals surface area contributed by atoms with Crippen LogP contribution in [0, 0.1) is 5.92 Å². The molecule has 9 heavy (non-hydrogen) atoms. The van der Waals surface area contributed by atoms with Gasteiger partial charge in [0.1, 0.15) is 0 Å². The number of hydrogen-bond donors (Lipinski definition) is 0. The topological polar surface area (TPSA) is 0 Å². The number of fused-ring (bicyclic) bond motifs is 1. The van der Waals surface area contributed by atoms with Crippen LogP contribution in [0.15, 0.2) is 11.6 Å². The zero-order valence-electron chi connectivity index (χ0n) is 7.69. The smallest absolute Gasteiger partial charge is 0.0310 e. The van der Waals surface area contributed by atoms with Crippen LogP contribution >= 0.6 is 0 Å². The lowest BCUT2D eigenvalue weighted by atomic mass is 9.86. The molecule has 50 valence electrons. The third-order valence-electron chi connectivity index (χ3n) is 2.44. The highest BCUT2D eigenvalue weighted by Gasteiger charge is 2.21. The van der Waals surface area contributed by atoms with Gasteiger partial charge in [0.05, 0.1) is 0 Å². The molecule has 0 aliphatic heterocycles. The number of rotatable bonds is 0. The lowest BCUT2D eigenvalue weighted by Crippen LogP contribution is -2.04. The third kappa shape index (κ3) is 0.910. The van der Waals surface area contributed by atoms with Gasteiger partial charge in [-0.1, -0.05) is 18.1 Å². The lowest BCUT2D eigenvalue weighted by Gasteiger charge is -2.19. The Kier molecular flexibility index (Phi) is 0.914. The molecule has 2 aliphatic rings. The maximum absolute atomic E-state index is 7.57. The van der Waals surface area contributed by atoms with Crippen molar-refractivity contribution < 1.29 is 2.74 Å². The van der Waals surface area contributed by atoms with E-state index >= 15 is 0 Å². The van der Waals surface area contributed by atoms with Crippen LogP contribution in [0.2, 0.25) is 0 Å². The van der Waals surface area contributed by atoms with E-state index in [2.05, 4.69) is 0 Å². The molecule has 1 unspecified atom stereocenters. The van der Waals surface area contributed by atoms with Crippen LogP contribution in [-0.2, 0) is 0 Å². The van der Waals surface area contributed by atoms with Crippen molar-refractivity contribution in [3.05, 3.63) is 11.6 Å². The highest BCUT2D eigenvalue weighted by Crippen LogP contribution is 2.37. The second kappa shape index (κ2) is 2.17. The van der Waals surface area contributed by atoms with Crippen LogP contribution in [0.25, 0.3) is 0 Å². The van der Waals surface area contributed by atoms with E-state index in [1.807, 2.05) is 6.08 Å². The fourth-order valence-corrected chi connectivity index (χ4v) is 1.86. The minimum Gasteiger partial charge on any atom is -0.0850 e. The molecule has 0 heterocycles. The van der Waals surface area contributed by atoms with Gasteiger partial charge in [-0.3, -0.25) is 0 Å². The summed E-state index contributed by atoms with van der Waals surface area (Å²) in [5.41, 5.74) is 1.40. The summed E-state index contributed by atoms with van der Waals surface area (Å²) in [6.45, 7) is 0. The van der Waals surface area contributed by atoms with Crippen LogP contribution in [0.1, 0.15) is 41.2 Å². The zero-order valence-corrected chi connectivity index (χ0v) is 5.69. The fourth-order valence-electron chi connectivity index (χ4n) is 1.86. The van der Waals surface area contributed by atoms with Gasteiger partial charge in [-0.2, -0.15) is 0 Å². The molecule has 0 saturated heterocycles. The summed E-state index contributed by atoms with van der Waals surface area (Å²) in [5, 5.41) is 0. The van der Waals surface area contributed by atoms with E-state index in [9.17, 15) is 0 Å². The van der Waals surface area contributed by atoms with Gasteiger partial charge in [0.15, 0.2) is 0 Å². The standard InChI is InChI=1S/C9H14/c1-2-5-9-7-3-6-8(9)4-1/h6,9H,1-5,7H2/i3D2. The van der Waals surface area contributed by atoms with Crippen LogP contribution < -0.4 is 0 Å². The normalized spacial score (nSPS) is 42.7. The van der Waals surface area contributed by atoms with Crippen molar-refractivity contribution in [1.82, 2.24) is 0 Å². The Morgan fingerprint density at radius 1 is 1.44 bits per heavy atom. The second-order valence-electron chi connectivity index (χ2n) is 3.07. The molecule has 0 bridgehead atoms. The van der Waals surface area contributed by atoms with Crippen molar-refractivity contribution in [2.24, 2.45) is 5.92 Å². The monoisotopic (exact) mass is 124 g/mol. The summed E-state index contributed by atoms with van der Waals surface area (Å²) in [5.74, 6) is 0.596. The van der Waals surface area contributed by atoms with E-state index in [1.54, 1.807) is 0 Å². The van der Waals surface area contributed by atoms with Crippen LogP contribution in [0.5, 0.6) is 0 Å². The second-order valence-corrected chi connectivity index (χ2v) is 3.07. The molecule has 1 fully saturated rings. The van der Waals surface area contributed by atoms with E-state index in [4.69, 9.17) is 2.74 Å². The van der Waals surface area contributed by atoms with Gasteiger partial charge >= 0.3 is 0 Å². The van der Waals surface area contributed by atoms with Crippen molar-refractivity contribution in [3.8, 4) is 0 Å². The molecule has 2 aliphatic carbocycles. The van der Waals surface area contributed by atoms with Gasteiger partial charge in [0.2, 0.25) is 0 Å². The maximum atomic E-state index is 7.57. The van der Waals surface area contributed by atoms with Gasteiger partial charge in [-0.15, -0.1) is 0 Å². The van der Waals surface area contributed by atoms with Gasteiger partial charge in [-0.05, 0) is 38.0 Å². The molecule has 0 aromatic heterocycles. The first-order valence-electron chi connectivity index (χ1n) is 4.89. The minimum atomic E-state index is -0.982. The molecule has 1 saturated carbocycles. The van der Waals surface area contributed by atoms with Gasteiger partial charge in [0.25, 0.3) is 0 Å². The van der Waals surface area contributed by atoms with Crippen LogP contribution in [0.4, 0.5) is 0 Å². The average molecular weight is 124 g/mol. The fraction of sp³-hybridized carbons (Fsp3) is 0.778. The van der Waals surface area contributed by atoms with E-state index in [0.29, 0.717) is 5.92 Å². The first-order valence-corrected chi connectivity index (χ1v) is 3.89. The Balaban J connectivity index is 2.16. The molecule has 0 aromatic carbocycles. The molecule has 0 nitrogen and oxygen atoms in total. The summed E-state index contributed by atoms with van der Waals surface area (Å²) in [6.07, 6.45) is 6.61. The van der Waals surface area contributed by atoms with Gasteiger partial charge < -0.3 is 0 Å². The van der Waals surface area contributed by atoms with Crippen molar-refractivity contribution in [1.29, 1.82) is 0 Å². The Hall–Kier alpha value is -0.260. The van der Waals surface area contributed by atoms with Crippen molar-refractivity contribution >= 4 is 0 Å². The van der Waals surface area contributed by atoms with Crippen molar-refractivity contribution in [3.63, 3.8) is 0 Å². The quantitative estimate of drug-likeness (QED) is 0.435. The minimum absolute atomic E-state index is 0.596. The molecule has 2 rings (SSSR count). The van der Waals surface area contributed by atoms with Crippen molar-refractivity contribution in [2.45, 2.75) is 38.5 Å². The van der Waals surface area contributed by atoms with E-state index in [1.165, 1.54) is 24.8 Å². The van der Waals surface area contributed by atoms with Gasteiger partial charge in [-0.25, -0.2) is 0 Å². The first kappa shape index (κ1) is 3.80. The molecule has 0 aromatic rings. The Morgan fingerprint density at radius 3 is 3.33 bits per heavy atom. The molecule has 0 amide bonds. The summed E-state index contributed by atoms with van der Waals surface area (Å²) in [6, 6.07) is 0. The van der Waals surface area contributed by atoms with E-state index in [-0.39, 0.29) is 0 Å². The largest absolute Gasteiger partial charge is 0.0850 e. The SMILES string of the molecule is [2H]C1([2H])C=C2CCCCC2C1. The highest BCUT2D eigenvalue weighted by atomic mass is 14.3. The van der Waals surface area contributed by atoms with Gasteiger partial charge in [0, 0.05) is 2.74 Å². The molecule has 0 N–H and O–H groups in total. The molecule has 0 spiro atoms. The lowest BCUT2D eigenvalue weighted by molar-refractivity contribution is 0.456. The summed E-state index contributed by atoms with van der Waals surface area (Å²) in [4.78, 5) is 0. The number of hydrogen-bond acceptors (Lipinski definition) is 0. The van der Waals surface area contributed by atoms with Crippen molar-refractivity contribution in [2.75, 3.05) is 0 Å². The zero-order chi connectivity index (χ0) is 7.90. The van der Waals surface area contributed by atoms with E-state index < -0.39 is 6.37 Å². The molecular formula is C9H14. The molecular weight excluding hydrogens is 108 g/mol. The summed E-state index contributed by atoms with van der Waals surface area (Å²) < 4.78 is 15.1. The summed E-state index contributed by atoms with van der Waals surface area (Å²) in [7, 11) is 0. The molecule has 0 heteroatoms. The highest BCUT2D eigenvalue weighted by molar-refractivity contribution is 5.14. The molecule has 1 atom stereocenters.